The highest BCUT2D eigenvalue weighted by molar-refractivity contribution is 5.84. The lowest BCUT2D eigenvalue weighted by Gasteiger charge is -2.28. The summed E-state index contributed by atoms with van der Waals surface area (Å²) in [6, 6.07) is 14.0. The average Bonchev–Trinajstić information content (AvgIpc) is 3.07. The molecule has 0 unspecified atom stereocenters. The number of hydrogen-bond acceptors (Lipinski definition) is 4. The number of fused-ring (bicyclic) bond motifs is 1. The van der Waals surface area contributed by atoms with E-state index in [4.69, 9.17) is 4.74 Å². The van der Waals surface area contributed by atoms with Crippen molar-refractivity contribution < 1.29 is 22.6 Å². The van der Waals surface area contributed by atoms with Gasteiger partial charge in [0.2, 0.25) is 0 Å². The van der Waals surface area contributed by atoms with E-state index in [1.54, 1.807) is 6.07 Å². The van der Waals surface area contributed by atoms with Gasteiger partial charge in [-0.05, 0) is 44.2 Å². The van der Waals surface area contributed by atoms with Crippen LogP contribution in [0, 0.1) is 0 Å². The lowest BCUT2D eigenvalue weighted by atomic mass is 10.1. The SMILES string of the molecule is CN1CCC(OCc2nc3c(OC(F)(F)F)cccc3n2-c2ccccc2)CC1. The molecule has 2 aromatic carbocycles. The van der Waals surface area contributed by atoms with Crippen LogP contribution in [0.4, 0.5) is 13.2 Å². The third kappa shape index (κ3) is 4.54. The summed E-state index contributed by atoms with van der Waals surface area (Å²) in [6.07, 6.45) is -2.83. The fourth-order valence-electron chi connectivity index (χ4n) is 3.63. The molecule has 2 heterocycles. The zero-order valence-electron chi connectivity index (χ0n) is 16.0. The smallest absolute Gasteiger partial charge is 0.403 e. The van der Waals surface area contributed by atoms with Crippen LogP contribution in [0.25, 0.3) is 16.7 Å². The highest BCUT2D eigenvalue weighted by Crippen LogP contribution is 2.32. The number of halogens is 3. The summed E-state index contributed by atoms with van der Waals surface area (Å²) >= 11 is 0. The van der Waals surface area contributed by atoms with E-state index in [-0.39, 0.29) is 24.0 Å². The fraction of sp³-hybridized carbons (Fsp3) is 0.381. The van der Waals surface area contributed by atoms with Crippen LogP contribution in [0.2, 0.25) is 0 Å². The molecule has 1 fully saturated rings. The third-order valence-corrected chi connectivity index (χ3v) is 5.07. The van der Waals surface area contributed by atoms with Gasteiger partial charge in [0.05, 0.1) is 11.6 Å². The largest absolute Gasteiger partial charge is 0.573 e. The zero-order valence-corrected chi connectivity index (χ0v) is 16.0. The van der Waals surface area contributed by atoms with Gasteiger partial charge in [-0.3, -0.25) is 4.57 Å². The number of ether oxygens (including phenoxy) is 2. The van der Waals surface area contributed by atoms with Crippen molar-refractivity contribution in [2.75, 3.05) is 20.1 Å². The Morgan fingerprint density at radius 2 is 1.76 bits per heavy atom. The Bertz CT molecular complexity index is 964. The van der Waals surface area contributed by atoms with Crippen LogP contribution < -0.4 is 4.74 Å². The molecule has 0 radical (unpaired) electrons. The highest BCUT2D eigenvalue weighted by Gasteiger charge is 2.32. The summed E-state index contributed by atoms with van der Waals surface area (Å²) in [5.41, 5.74) is 1.51. The Morgan fingerprint density at radius 1 is 1.03 bits per heavy atom. The van der Waals surface area contributed by atoms with E-state index in [1.807, 2.05) is 34.9 Å². The summed E-state index contributed by atoms with van der Waals surface area (Å²) in [5, 5.41) is 0. The van der Waals surface area contributed by atoms with Gasteiger partial charge in [-0.15, -0.1) is 13.2 Å². The average molecular weight is 405 g/mol. The normalized spacial score (nSPS) is 16.4. The van der Waals surface area contributed by atoms with Crippen LogP contribution in [0.5, 0.6) is 5.75 Å². The maximum Gasteiger partial charge on any atom is 0.573 e. The second kappa shape index (κ2) is 8.04. The van der Waals surface area contributed by atoms with Crippen molar-refractivity contribution >= 4 is 11.0 Å². The van der Waals surface area contributed by atoms with Crippen LogP contribution in [-0.2, 0) is 11.3 Å². The first-order valence-corrected chi connectivity index (χ1v) is 9.52. The number of para-hydroxylation sites is 2. The maximum atomic E-state index is 12.8. The molecule has 1 aliphatic heterocycles. The van der Waals surface area contributed by atoms with Gasteiger partial charge in [-0.1, -0.05) is 24.3 Å². The predicted octanol–water partition coefficient (Wildman–Crippen LogP) is 4.53. The molecule has 154 valence electrons. The van der Waals surface area contributed by atoms with Gasteiger partial charge in [0.25, 0.3) is 0 Å². The van der Waals surface area contributed by atoms with Crippen LogP contribution >= 0.6 is 0 Å². The molecule has 1 aromatic heterocycles. The molecule has 1 saturated heterocycles. The second-order valence-corrected chi connectivity index (χ2v) is 7.18. The first-order valence-electron chi connectivity index (χ1n) is 9.52. The lowest BCUT2D eigenvalue weighted by Crippen LogP contribution is -2.34. The van der Waals surface area contributed by atoms with Crippen molar-refractivity contribution in [1.82, 2.24) is 14.5 Å². The first-order chi connectivity index (χ1) is 13.9. The van der Waals surface area contributed by atoms with E-state index in [2.05, 4.69) is 21.7 Å². The minimum absolute atomic E-state index is 0.112. The Balaban J connectivity index is 1.70. The molecule has 4 rings (SSSR count). The quantitative estimate of drug-likeness (QED) is 0.625. The van der Waals surface area contributed by atoms with Crippen LogP contribution in [0.3, 0.4) is 0 Å². The minimum atomic E-state index is -4.78. The molecule has 0 bridgehead atoms. The molecule has 29 heavy (non-hydrogen) atoms. The van der Waals surface area contributed by atoms with Gasteiger partial charge in [-0.25, -0.2) is 4.98 Å². The molecule has 3 aromatic rings. The van der Waals surface area contributed by atoms with E-state index >= 15 is 0 Å². The topological polar surface area (TPSA) is 39.5 Å². The molecular weight excluding hydrogens is 383 g/mol. The molecule has 0 atom stereocenters. The molecule has 0 N–H and O–H groups in total. The molecule has 0 spiro atoms. The van der Waals surface area contributed by atoms with Crippen molar-refractivity contribution in [1.29, 1.82) is 0 Å². The number of likely N-dealkylation sites (tertiary alicyclic amines) is 1. The summed E-state index contributed by atoms with van der Waals surface area (Å²) in [6.45, 7) is 2.14. The van der Waals surface area contributed by atoms with Crippen LogP contribution in [0.15, 0.2) is 48.5 Å². The molecule has 8 heteroatoms. The molecular formula is C21H22F3N3O2. The zero-order chi connectivity index (χ0) is 20.4. The number of imidazole rings is 1. The van der Waals surface area contributed by atoms with Crippen molar-refractivity contribution in [3.8, 4) is 11.4 Å². The fourth-order valence-corrected chi connectivity index (χ4v) is 3.63. The number of rotatable bonds is 5. The monoisotopic (exact) mass is 405 g/mol. The van der Waals surface area contributed by atoms with E-state index in [9.17, 15) is 13.2 Å². The first kappa shape index (κ1) is 19.7. The Labute approximate surface area is 166 Å². The predicted molar refractivity (Wildman–Crippen MR) is 103 cm³/mol. The molecule has 5 nitrogen and oxygen atoms in total. The van der Waals surface area contributed by atoms with Crippen molar-refractivity contribution in [3.05, 3.63) is 54.4 Å². The second-order valence-electron chi connectivity index (χ2n) is 7.18. The minimum Gasteiger partial charge on any atom is -0.403 e. The van der Waals surface area contributed by atoms with E-state index < -0.39 is 6.36 Å². The number of hydrogen-bond donors (Lipinski definition) is 0. The standard InChI is InChI=1S/C21H22F3N3O2/c1-26-12-10-16(11-13-26)28-14-19-25-20-17(27(19)15-6-3-2-4-7-15)8-5-9-18(20)29-21(22,23)24/h2-9,16H,10-14H2,1H3. The number of aromatic nitrogens is 2. The van der Waals surface area contributed by atoms with E-state index in [0.29, 0.717) is 11.3 Å². The van der Waals surface area contributed by atoms with Gasteiger partial charge in [0.1, 0.15) is 17.9 Å². The van der Waals surface area contributed by atoms with Crippen LogP contribution in [0.1, 0.15) is 18.7 Å². The molecule has 1 aliphatic rings. The van der Waals surface area contributed by atoms with Gasteiger partial charge in [0, 0.05) is 18.8 Å². The third-order valence-electron chi connectivity index (χ3n) is 5.07. The van der Waals surface area contributed by atoms with Gasteiger partial charge < -0.3 is 14.4 Å². The maximum absolute atomic E-state index is 12.8. The lowest BCUT2D eigenvalue weighted by molar-refractivity contribution is -0.274. The number of alkyl halides is 3. The Morgan fingerprint density at radius 3 is 2.45 bits per heavy atom. The highest BCUT2D eigenvalue weighted by atomic mass is 19.4. The number of piperidine rings is 1. The van der Waals surface area contributed by atoms with Crippen molar-refractivity contribution in [2.45, 2.75) is 31.9 Å². The molecule has 0 amide bonds. The summed E-state index contributed by atoms with van der Waals surface area (Å²) in [5.74, 6) is 0.230. The summed E-state index contributed by atoms with van der Waals surface area (Å²) < 4.78 is 50.6. The number of benzene rings is 2. The Kier molecular flexibility index (Phi) is 5.47. The molecule has 0 aliphatic carbocycles. The van der Waals surface area contributed by atoms with Gasteiger partial charge in [0.15, 0.2) is 5.75 Å². The summed E-state index contributed by atoms with van der Waals surface area (Å²) in [4.78, 5) is 6.72. The molecule has 0 saturated carbocycles. The summed E-state index contributed by atoms with van der Waals surface area (Å²) in [7, 11) is 2.08. The van der Waals surface area contributed by atoms with Crippen molar-refractivity contribution in [3.63, 3.8) is 0 Å². The van der Waals surface area contributed by atoms with E-state index in [0.717, 1.165) is 31.6 Å². The van der Waals surface area contributed by atoms with Crippen LogP contribution in [-0.4, -0.2) is 47.1 Å². The number of nitrogens with zero attached hydrogens (tertiary/aromatic N) is 3. The van der Waals surface area contributed by atoms with E-state index in [1.165, 1.54) is 12.1 Å². The van der Waals surface area contributed by atoms with Gasteiger partial charge >= 0.3 is 6.36 Å². The van der Waals surface area contributed by atoms with Crippen molar-refractivity contribution in [2.24, 2.45) is 0 Å². The Hall–Kier alpha value is -2.58. The van der Waals surface area contributed by atoms with Gasteiger partial charge in [-0.2, -0.15) is 0 Å².